The molecule has 0 bridgehead atoms. The first-order valence-electron chi connectivity index (χ1n) is 6.72. The largest absolute Gasteiger partial charge is 0.324 e. The van der Waals surface area contributed by atoms with Gasteiger partial charge in [0.05, 0.1) is 27.8 Å². The first-order chi connectivity index (χ1) is 9.43. The maximum atomic E-state index is 6.33. The summed E-state index contributed by atoms with van der Waals surface area (Å²) >= 11 is 6.33. The van der Waals surface area contributed by atoms with E-state index < -0.39 is 0 Å². The van der Waals surface area contributed by atoms with E-state index in [1.165, 1.54) is 0 Å². The van der Waals surface area contributed by atoms with Gasteiger partial charge in [0.2, 0.25) is 0 Å². The Kier molecular flexibility index (Phi) is 4.40. The van der Waals surface area contributed by atoms with E-state index in [1.54, 1.807) is 0 Å². The minimum Gasteiger partial charge on any atom is -0.324 e. The van der Waals surface area contributed by atoms with Crippen LogP contribution in [0.4, 0.5) is 0 Å². The Morgan fingerprint density at radius 1 is 1.25 bits per heavy atom. The lowest BCUT2D eigenvalue weighted by Crippen LogP contribution is -2.18. The summed E-state index contributed by atoms with van der Waals surface area (Å²) in [5.74, 6) is 0. The van der Waals surface area contributed by atoms with Crippen LogP contribution in [0.3, 0.4) is 0 Å². The molecule has 0 fully saturated rings. The summed E-state index contributed by atoms with van der Waals surface area (Å²) in [5, 5.41) is 13.3. The Labute approximate surface area is 124 Å². The van der Waals surface area contributed by atoms with E-state index in [2.05, 4.69) is 15.3 Å². The summed E-state index contributed by atoms with van der Waals surface area (Å²) in [5.41, 5.74) is 10.9. The lowest BCUT2D eigenvalue weighted by molar-refractivity contribution is 0.584. The van der Waals surface area contributed by atoms with Crippen LogP contribution in [0, 0.1) is 20.8 Å². The van der Waals surface area contributed by atoms with Crippen LogP contribution >= 0.6 is 11.6 Å². The highest BCUT2D eigenvalue weighted by atomic mass is 35.5. The molecule has 0 saturated carbocycles. The van der Waals surface area contributed by atoms with Crippen molar-refractivity contribution >= 4 is 11.6 Å². The van der Waals surface area contributed by atoms with Gasteiger partial charge in [-0.25, -0.2) is 0 Å². The SMILES string of the molecule is CCn1nc(C)c(Cl)c1CC(N)c1cc(C)nnc1C. The third-order valence-corrected chi connectivity index (χ3v) is 3.90. The Morgan fingerprint density at radius 2 is 1.95 bits per heavy atom. The Balaban J connectivity index is 2.32. The molecule has 0 aliphatic carbocycles. The first kappa shape index (κ1) is 14.9. The minimum absolute atomic E-state index is 0.164. The zero-order valence-electron chi connectivity index (χ0n) is 12.3. The average molecular weight is 294 g/mol. The van der Waals surface area contributed by atoms with Crippen molar-refractivity contribution in [2.45, 2.75) is 46.7 Å². The summed E-state index contributed by atoms with van der Waals surface area (Å²) in [6.45, 7) is 8.57. The highest BCUT2D eigenvalue weighted by Crippen LogP contribution is 2.26. The van der Waals surface area contributed by atoms with E-state index in [4.69, 9.17) is 17.3 Å². The number of hydrogen-bond donors (Lipinski definition) is 1. The molecule has 5 nitrogen and oxygen atoms in total. The minimum atomic E-state index is -0.164. The summed E-state index contributed by atoms with van der Waals surface area (Å²) in [6, 6.07) is 1.82. The smallest absolute Gasteiger partial charge is 0.0847 e. The molecule has 0 radical (unpaired) electrons. The number of aromatic nitrogens is 4. The molecule has 0 aliphatic heterocycles. The van der Waals surface area contributed by atoms with E-state index >= 15 is 0 Å². The molecule has 0 aliphatic rings. The van der Waals surface area contributed by atoms with Crippen molar-refractivity contribution < 1.29 is 0 Å². The van der Waals surface area contributed by atoms with Crippen LogP contribution in [0.1, 0.15) is 41.3 Å². The van der Waals surface area contributed by atoms with Gasteiger partial charge in [-0.15, -0.1) is 0 Å². The second kappa shape index (κ2) is 5.89. The zero-order chi connectivity index (χ0) is 14.9. The van der Waals surface area contributed by atoms with E-state index in [0.717, 1.165) is 34.9 Å². The fraction of sp³-hybridized carbons (Fsp3) is 0.500. The molecule has 2 aromatic rings. The van der Waals surface area contributed by atoms with Gasteiger partial charge in [-0.3, -0.25) is 4.68 Å². The number of aryl methyl sites for hydroxylation is 4. The molecule has 1 atom stereocenters. The Bertz CT molecular complexity index is 620. The molecular formula is C14H20ClN5. The Hall–Kier alpha value is -1.46. The van der Waals surface area contributed by atoms with Crippen LogP contribution < -0.4 is 5.73 Å². The predicted molar refractivity (Wildman–Crippen MR) is 79.8 cm³/mol. The lowest BCUT2D eigenvalue weighted by atomic mass is 10.0. The van der Waals surface area contributed by atoms with Crippen molar-refractivity contribution in [3.63, 3.8) is 0 Å². The topological polar surface area (TPSA) is 69.6 Å². The number of halogens is 1. The van der Waals surface area contributed by atoms with Gasteiger partial charge >= 0.3 is 0 Å². The first-order valence-corrected chi connectivity index (χ1v) is 7.10. The van der Waals surface area contributed by atoms with E-state index in [0.29, 0.717) is 11.4 Å². The van der Waals surface area contributed by atoms with Crippen molar-refractivity contribution in [2.24, 2.45) is 5.73 Å². The predicted octanol–water partition coefficient (Wildman–Crippen LogP) is 2.51. The molecule has 2 rings (SSSR count). The number of hydrogen-bond acceptors (Lipinski definition) is 4. The van der Waals surface area contributed by atoms with Crippen LogP contribution in [0.15, 0.2) is 6.07 Å². The average Bonchev–Trinajstić information content (AvgIpc) is 2.69. The molecule has 0 spiro atoms. The van der Waals surface area contributed by atoms with Crippen molar-refractivity contribution in [3.8, 4) is 0 Å². The highest BCUT2D eigenvalue weighted by molar-refractivity contribution is 6.31. The van der Waals surface area contributed by atoms with Gasteiger partial charge in [-0.05, 0) is 39.3 Å². The van der Waals surface area contributed by atoms with Gasteiger partial charge < -0.3 is 5.73 Å². The van der Waals surface area contributed by atoms with E-state index in [-0.39, 0.29) is 6.04 Å². The monoisotopic (exact) mass is 293 g/mol. The molecule has 0 saturated heterocycles. The van der Waals surface area contributed by atoms with Crippen molar-refractivity contribution in [1.29, 1.82) is 0 Å². The quantitative estimate of drug-likeness (QED) is 0.940. The summed E-state index contributed by atoms with van der Waals surface area (Å²) in [7, 11) is 0. The van der Waals surface area contributed by atoms with Crippen molar-refractivity contribution in [2.75, 3.05) is 0 Å². The molecule has 20 heavy (non-hydrogen) atoms. The normalized spacial score (nSPS) is 12.7. The second-order valence-corrected chi connectivity index (χ2v) is 5.38. The van der Waals surface area contributed by atoms with Crippen molar-refractivity contribution in [1.82, 2.24) is 20.0 Å². The fourth-order valence-corrected chi connectivity index (χ4v) is 2.54. The Morgan fingerprint density at radius 3 is 2.60 bits per heavy atom. The molecule has 1 unspecified atom stereocenters. The maximum Gasteiger partial charge on any atom is 0.0847 e. The second-order valence-electron chi connectivity index (χ2n) is 5.00. The van der Waals surface area contributed by atoms with E-state index in [9.17, 15) is 0 Å². The maximum absolute atomic E-state index is 6.33. The van der Waals surface area contributed by atoms with Crippen LogP contribution in [-0.2, 0) is 13.0 Å². The van der Waals surface area contributed by atoms with Gasteiger partial charge in [0.25, 0.3) is 0 Å². The summed E-state index contributed by atoms with van der Waals surface area (Å²) in [4.78, 5) is 0. The van der Waals surface area contributed by atoms with Gasteiger partial charge in [-0.2, -0.15) is 15.3 Å². The summed E-state index contributed by atoms with van der Waals surface area (Å²) < 4.78 is 1.91. The number of nitrogens with zero attached hydrogens (tertiary/aromatic N) is 4. The van der Waals surface area contributed by atoms with Crippen LogP contribution in [0.2, 0.25) is 5.02 Å². The molecule has 0 aromatic carbocycles. The molecule has 108 valence electrons. The molecule has 2 heterocycles. The zero-order valence-corrected chi connectivity index (χ0v) is 13.1. The fourth-order valence-electron chi connectivity index (χ4n) is 2.33. The molecular weight excluding hydrogens is 274 g/mol. The molecule has 0 amide bonds. The summed E-state index contributed by atoms with van der Waals surface area (Å²) in [6.07, 6.45) is 0.638. The van der Waals surface area contributed by atoms with Gasteiger partial charge in [0.1, 0.15) is 0 Å². The number of rotatable bonds is 4. The van der Waals surface area contributed by atoms with E-state index in [1.807, 2.05) is 38.4 Å². The lowest BCUT2D eigenvalue weighted by Gasteiger charge is -2.15. The van der Waals surface area contributed by atoms with Gasteiger partial charge in [0.15, 0.2) is 0 Å². The van der Waals surface area contributed by atoms with Crippen LogP contribution in [0.25, 0.3) is 0 Å². The third-order valence-electron chi connectivity index (χ3n) is 3.41. The van der Waals surface area contributed by atoms with Gasteiger partial charge in [0, 0.05) is 19.0 Å². The van der Waals surface area contributed by atoms with Crippen molar-refractivity contribution in [3.05, 3.63) is 39.4 Å². The number of nitrogens with two attached hydrogens (primary N) is 1. The van der Waals surface area contributed by atoms with Crippen LogP contribution in [0.5, 0.6) is 0 Å². The van der Waals surface area contributed by atoms with Gasteiger partial charge in [-0.1, -0.05) is 11.6 Å². The molecule has 6 heteroatoms. The molecule has 2 aromatic heterocycles. The van der Waals surface area contributed by atoms with Crippen LogP contribution in [-0.4, -0.2) is 20.0 Å². The standard InChI is InChI=1S/C14H20ClN5/c1-5-20-13(14(15)10(4)19-20)7-12(16)11-6-8(2)17-18-9(11)3/h6,12H,5,7,16H2,1-4H3. The third kappa shape index (κ3) is 2.83. The highest BCUT2D eigenvalue weighted by Gasteiger charge is 2.18. The molecule has 2 N–H and O–H groups in total.